The monoisotopic (exact) mass is 267 g/mol. The van der Waals surface area contributed by atoms with E-state index in [2.05, 4.69) is 5.32 Å². The first-order valence-electron chi connectivity index (χ1n) is 5.79. The number of anilines is 1. The van der Waals surface area contributed by atoms with Gasteiger partial charge in [-0.2, -0.15) is 0 Å². The fourth-order valence-corrected chi connectivity index (χ4v) is 1.72. The molecule has 1 heterocycles. The summed E-state index contributed by atoms with van der Waals surface area (Å²) < 4.78 is 17.9. The number of nitrogens with two attached hydrogens (primary N) is 1. The van der Waals surface area contributed by atoms with E-state index >= 15 is 0 Å². The first-order chi connectivity index (χ1) is 9.06. The van der Waals surface area contributed by atoms with Gasteiger partial charge in [-0.1, -0.05) is 0 Å². The largest absolute Gasteiger partial charge is 0.366 e. The molecule has 2 rings (SSSR count). The number of morpholine rings is 1. The lowest BCUT2D eigenvalue weighted by molar-refractivity contribution is -0.155. The molecule has 1 atom stereocenters. The van der Waals surface area contributed by atoms with E-state index in [1.165, 1.54) is 24.3 Å². The predicted octanol–water partition coefficient (Wildman–Crippen LogP) is 0.255. The lowest BCUT2D eigenvalue weighted by atomic mass is 10.2. The van der Waals surface area contributed by atoms with E-state index in [1.807, 2.05) is 0 Å². The van der Waals surface area contributed by atoms with Gasteiger partial charge in [-0.05, 0) is 24.3 Å². The van der Waals surface area contributed by atoms with Gasteiger partial charge >= 0.3 is 0 Å². The summed E-state index contributed by atoms with van der Waals surface area (Å²) in [6, 6.07) is 5.34. The number of nitrogens with one attached hydrogen (secondary N) is 1. The highest BCUT2D eigenvalue weighted by molar-refractivity contribution is 5.95. The Bertz CT molecular complexity index is 478. The van der Waals surface area contributed by atoms with Gasteiger partial charge in [-0.15, -0.1) is 0 Å². The molecule has 0 spiro atoms. The zero-order valence-corrected chi connectivity index (χ0v) is 10.1. The first-order valence-corrected chi connectivity index (χ1v) is 5.79. The van der Waals surface area contributed by atoms with Crippen LogP contribution in [0.15, 0.2) is 24.3 Å². The number of hydrazine groups is 1. The minimum absolute atomic E-state index is 0.121. The number of carbonyl (C=O) groups excluding carboxylic acids is 2. The van der Waals surface area contributed by atoms with Gasteiger partial charge in [0.1, 0.15) is 11.9 Å². The molecule has 3 N–H and O–H groups in total. The number of nitrogens with zero attached hydrogens (tertiary/aromatic N) is 1. The summed E-state index contributed by atoms with van der Waals surface area (Å²) in [6.45, 7) is 0.617. The van der Waals surface area contributed by atoms with Crippen LogP contribution in [0, 0.1) is 5.82 Å². The third-order valence-corrected chi connectivity index (χ3v) is 2.71. The van der Waals surface area contributed by atoms with Crippen molar-refractivity contribution in [3.8, 4) is 0 Å². The van der Waals surface area contributed by atoms with Crippen molar-refractivity contribution < 1.29 is 18.7 Å². The number of hydrogen-bond acceptors (Lipinski definition) is 4. The summed E-state index contributed by atoms with van der Waals surface area (Å²) in [7, 11) is 0. The van der Waals surface area contributed by atoms with Crippen molar-refractivity contribution in [2.75, 3.05) is 18.5 Å². The Morgan fingerprint density at radius 2 is 2.16 bits per heavy atom. The van der Waals surface area contributed by atoms with Crippen LogP contribution in [-0.2, 0) is 14.3 Å². The van der Waals surface area contributed by atoms with Crippen LogP contribution in [0.1, 0.15) is 6.42 Å². The summed E-state index contributed by atoms with van der Waals surface area (Å²) in [6.07, 6.45) is -0.983. The van der Waals surface area contributed by atoms with Crippen molar-refractivity contribution in [2.45, 2.75) is 12.5 Å². The van der Waals surface area contributed by atoms with Gasteiger partial charge in [0.05, 0.1) is 19.6 Å². The second-order valence-electron chi connectivity index (χ2n) is 4.15. The van der Waals surface area contributed by atoms with E-state index in [1.54, 1.807) is 0 Å². The smallest absolute Gasteiger partial charge is 0.266 e. The molecule has 0 saturated carbocycles. The Morgan fingerprint density at radius 1 is 1.47 bits per heavy atom. The molecule has 0 bridgehead atoms. The number of ether oxygens (including phenoxy) is 1. The van der Waals surface area contributed by atoms with E-state index in [0.717, 1.165) is 5.01 Å². The highest BCUT2D eigenvalue weighted by atomic mass is 19.1. The fraction of sp³-hybridized carbons (Fsp3) is 0.333. The van der Waals surface area contributed by atoms with Gasteiger partial charge in [-0.25, -0.2) is 10.2 Å². The lowest BCUT2D eigenvalue weighted by Gasteiger charge is -2.28. The standard InChI is InChI=1S/C12H14FN3O3/c13-8-1-3-9(4-2-8)15-11(17)7-10-12(18)16(14)5-6-19-10/h1-4,10H,5-7,14H2,(H,15,17). The van der Waals surface area contributed by atoms with Gasteiger partial charge in [0.15, 0.2) is 0 Å². The normalized spacial score (nSPS) is 19.4. The highest BCUT2D eigenvalue weighted by Gasteiger charge is 2.29. The number of halogens is 1. The number of rotatable bonds is 3. The van der Waals surface area contributed by atoms with Gasteiger partial charge in [-0.3, -0.25) is 14.6 Å². The Hall–Kier alpha value is -1.99. The van der Waals surface area contributed by atoms with Crippen molar-refractivity contribution >= 4 is 17.5 Å². The molecule has 1 aliphatic heterocycles. The Kier molecular flexibility index (Phi) is 4.08. The zero-order chi connectivity index (χ0) is 13.8. The fourth-order valence-electron chi connectivity index (χ4n) is 1.72. The van der Waals surface area contributed by atoms with E-state index in [0.29, 0.717) is 18.8 Å². The van der Waals surface area contributed by atoms with Crippen LogP contribution in [0.5, 0.6) is 0 Å². The molecule has 6 nitrogen and oxygen atoms in total. The molecule has 1 saturated heterocycles. The van der Waals surface area contributed by atoms with Crippen molar-refractivity contribution in [1.29, 1.82) is 0 Å². The molecule has 2 amide bonds. The van der Waals surface area contributed by atoms with Crippen molar-refractivity contribution in [3.63, 3.8) is 0 Å². The van der Waals surface area contributed by atoms with Crippen LogP contribution in [0.4, 0.5) is 10.1 Å². The maximum Gasteiger partial charge on any atom is 0.266 e. The second-order valence-corrected chi connectivity index (χ2v) is 4.15. The first kappa shape index (κ1) is 13.4. The lowest BCUT2D eigenvalue weighted by Crippen LogP contribution is -2.52. The average Bonchev–Trinajstić information content (AvgIpc) is 2.38. The Labute approximate surface area is 109 Å². The molecule has 7 heteroatoms. The van der Waals surface area contributed by atoms with Crippen molar-refractivity contribution in [2.24, 2.45) is 5.84 Å². The van der Waals surface area contributed by atoms with E-state index < -0.39 is 12.0 Å². The van der Waals surface area contributed by atoms with Crippen molar-refractivity contribution in [3.05, 3.63) is 30.1 Å². The van der Waals surface area contributed by atoms with E-state index in [9.17, 15) is 14.0 Å². The number of amides is 2. The minimum atomic E-state index is -0.862. The molecule has 0 aliphatic carbocycles. The molecule has 0 aromatic heterocycles. The third-order valence-electron chi connectivity index (χ3n) is 2.71. The topological polar surface area (TPSA) is 84.7 Å². The summed E-state index contributed by atoms with van der Waals surface area (Å²) in [5.41, 5.74) is 0.458. The van der Waals surface area contributed by atoms with Gasteiger partial charge in [0, 0.05) is 5.69 Å². The maximum absolute atomic E-state index is 12.7. The molecule has 19 heavy (non-hydrogen) atoms. The number of carbonyl (C=O) groups is 2. The van der Waals surface area contributed by atoms with Gasteiger partial charge < -0.3 is 10.1 Å². The van der Waals surface area contributed by atoms with Crippen LogP contribution >= 0.6 is 0 Å². The molecule has 0 radical (unpaired) electrons. The quantitative estimate of drug-likeness (QED) is 0.607. The van der Waals surface area contributed by atoms with Crippen molar-refractivity contribution in [1.82, 2.24) is 5.01 Å². The molecule has 1 fully saturated rings. The van der Waals surface area contributed by atoms with Crippen LogP contribution in [0.25, 0.3) is 0 Å². The van der Waals surface area contributed by atoms with E-state index in [4.69, 9.17) is 10.6 Å². The molecule has 1 aromatic carbocycles. The van der Waals surface area contributed by atoms with Crippen LogP contribution < -0.4 is 11.2 Å². The van der Waals surface area contributed by atoms with Gasteiger partial charge in [0.25, 0.3) is 5.91 Å². The molecular formula is C12H14FN3O3. The summed E-state index contributed by atoms with van der Waals surface area (Å²) >= 11 is 0. The number of benzene rings is 1. The molecule has 1 aliphatic rings. The second kappa shape index (κ2) is 5.77. The van der Waals surface area contributed by atoms with Gasteiger partial charge in [0.2, 0.25) is 5.91 Å². The summed E-state index contributed by atoms with van der Waals surface area (Å²) in [5, 5.41) is 3.60. The molecule has 102 valence electrons. The Balaban J connectivity index is 1.90. The predicted molar refractivity (Wildman–Crippen MR) is 65.3 cm³/mol. The zero-order valence-electron chi connectivity index (χ0n) is 10.1. The van der Waals surface area contributed by atoms with E-state index in [-0.39, 0.29) is 18.1 Å². The highest BCUT2D eigenvalue weighted by Crippen LogP contribution is 2.12. The average molecular weight is 267 g/mol. The minimum Gasteiger partial charge on any atom is -0.366 e. The third kappa shape index (κ3) is 3.49. The molecule has 1 aromatic rings. The number of hydrogen-bond donors (Lipinski definition) is 2. The van der Waals surface area contributed by atoms with Crippen LogP contribution in [-0.4, -0.2) is 36.1 Å². The molecule has 1 unspecified atom stereocenters. The SMILES string of the molecule is NN1CCOC(CC(=O)Nc2ccc(F)cc2)C1=O. The molecular weight excluding hydrogens is 253 g/mol. The summed E-state index contributed by atoms with van der Waals surface area (Å²) in [4.78, 5) is 23.3. The maximum atomic E-state index is 12.7. The summed E-state index contributed by atoms with van der Waals surface area (Å²) in [5.74, 6) is 4.25. The Morgan fingerprint density at radius 3 is 2.84 bits per heavy atom. The van der Waals surface area contributed by atoms with Crippen LogP contribution in [0.2, 0.25) is 0 Å². The van der Waals surface area contributed by atoms with Crippen LogP contribution in [0.3, 0.4) is 0 Å².